The third-order valence-corrected chi connectivity index (χ3v) is 4.52. The van der Waals surface area contributed by atoms with E-state index in [1.54, 1.807) is 12.1 Å². The summed E-state index contributed by atoms with van der Waals surface area (Å²) in [6.45, 7) is 0.794. The molecule has 7 heteroatoms. The summed E-state index contributed by atoms with van der Waals surface area (Å²) in [6.07, 6.45) is 0.119. The normalized spacial score (nSPS) is 15.1. The van der Waals surface area contributed by atoms with Gasteiger partial charge in [0.1, 0.15) is 17.7 Å². The van der Waals surface area contributed by atoms with E-state index < -0.39 is 6.09 Å². The number of esters is 1. The molecule has 2 aromatic carbocycles. The van der Waals surface area contributed by atoms with Crippen molar-refractivity contribution in [2.45, 2.75) is 25.4 Å². The highest BCUT2D eigenvalue weighted by molar-refractivity contribution is 5.90. The van der Waals surface area contributed by atoms with Gasteiger partial charge in [0, 0.05) is 31.3 Å². The van der Waals surface area contributed by atoms with E-state index in [1.807, 2.05) is 6.07 Å². The number of benzene rings is 2. The quantitative estimate of drug-likeness (QED) is 0.847. The second kappa shape index (κ2) is 7.59. The fourth-order valence-electron chi connectivity index (χ4n) is 3.14. The fourth-order valence-corrected chi connectivity index (χ4v) is 3.14. The molecule has 1 N–H and O–H groups in total. The van der Waals surface area contributed by atoms with E-state index in [-0.39, 0.29) is 24.3 Å². The Bertz CT molecular complexity index is 830. The Morgan fingerprint density at radius 3 is 2.62 bits per heavy atom. The van der Waals surface area contributed by atoms with Crippen LogP contribution in [0.1, 0.15) is 18.4 Å². The smallest absolute Gasteiger partial charge is 0.407 e. The molecule has 1 fully saturated rings. The van der Waals surface area contributed by atoms with E-state index in [9.17, 15) is 14.0 Å². The number of carbonyl (C=O) groups is 2. The monoisotopic (exact) mass is 361 g/mol. The van der Waals surface area contributed by atoms with Crippen LogP contribution in [-0.2, 0) is 16.0 Å². The van der Waals surface area contributed by atoms with Crippen LogP contribution in [0.5, 0.6) is 5.75 Å². The highest BCUT2D eigenvalue weighted by Crippen LogP contribution is 2.31. The van der Waals surface area contributed by atoms with Gasteiger partial charge in [-0.15, -0.1) is 0 Å². The predicted molar refractivity (Wildman–Crippen MR) is 92.9 cm³/mol. The van der Waals surface area contributed by atoms with E-state index in [0.717, 1.165) is 5.39 Å². The van der Waals surface area contributed by atoms with Crippen molar-refractivity contribution >= 4 is 22.8 Å². The zero-order valence-corrected chi connectivity index (χ0v) is 14.4. The van der Waals surface area contributed by atoms with Crippen molar-refractivity contribution < 1.29 is 28.6 Å². The number of ether oxygens (including phenoxy) is 2. The molecule has 6 nitrogen and oxygen atoms in total. The number of carbonyl (C=O) groups excluding carboxylic acids is 1. The predicted octanol–water partition coefficient (Wildman–Crippen LogP) is 3.22. The first kappa shape index (κ1) is 18.0. The first-order chi connectivity index (χ1) is 12.5. The van der Waals surface area contributed by atoms with E-state index in [2.05, 4.69) is 0 Å². The van der Waals surface area contributed by atoms with Crippen LogP contribution in [0.2, 0.25) is 0 Å². The average Bonchev–Trinajstić information content (AvgIpc) is 2.62. The largest absolute Gasteiger partial charge is 0.490 e. The molecule has 2 aromatic rings. The van der Waals surface area contributed by atoms with Gasteiger partial charge in [-0.1, -0.05) is 12.1 Å². The molecular formula is C19H20FNO5. The van der Waals surface area contributed by atoms with Crippen LogP contribution in [0.3, 0.4) is 0 Å². The second-order valence-corrected chi connectivity index (χ2v) is 6.30. The van der Waals surface area contributed by atoms with Gasteiger partial charge in [0.2, 0.25) is 0 Å². The minimum absolute atomic E-state index is 0.0949. The lowest BCUT2D eigenvalue weighted by Gasteiger charge is -2.30. The molecule has 26 heavy (non-hydrogen) atoms. The number of halogens is 1. The molecule has 0 bridgehead atoms. The lowest BCUT2D eigenvalue weighted by Crippen LogP contribution is -2.41. The van der Waals surface area contributed by atoms with Crippen LogP contribution in [0, 0.1) is 5.82 Å². The number of hydrogen-bond acceptors (Lipinski definition) is 4. The van der Waals surface area contributed by atoms with Gasteiger partial charge < -0.3 is 19.5 Å². The minimum Gasteiger partial charge on any atom is -0.490 e. The maximum atomic E-state index is 13.7. The van der Waals surface area contributed by atoms with Crippen LogP contribution < -0.4 is 4.74 Å². The maximum absolute atomic E-state index is 13.7. The number of nitrogens with zero attached hydrogens (tertiary/aromatic N) is 1. The van der Waals surface area contributed by atoms with Gasteiger partial charge in [0.15, 0.2) is 0 Å². The maximum Gasteiger partial charge on any atom is 0.407 e. The molecular weight excluding hydrogens is 341 g/mol. The highest BCUT2D eigenvalue weighted by atomic mass is 19.1. The van der Waals surface area contributed by atoms with Crippen molar-refractivity contribution in [2.75, 3.05) is 20.2 Å². The van der Waals surface area contributed by atoms with Gasteiger partial charge in [-0.25, -0.2) is 9.18 Å². The number of likely N-dealkylation sites (tertiary alicyclic amines) is 1. The molecule has 0 unspecified atom stereocenters. The van der Waals surface area contributed by atoms with Crippen molar-refractivity contribution in [3.05, 3.63) is 41.7 Å². The Morgan fingerprint density at radius 1 is 1.23 bits per heavy atom. The van der Waals surface area contributed by atoms with E-state index in [1.165, 1.54) is 24.1 Å². The van der Waals surface area contributed by atoms with E-state index in [0.29, 0.717) is 42.6 Å². The molecule has 3 rings (SSSR count). The molecule has 138 valence electrons. The summed E-state index contributed by atoms with van der Waals surface area (Å²) in [7, 11) is 1.33. The van der Waals surface area contributed by atoms with E-state index >= 15 is 0 Å². The molecule has 0 atom stereocenters. The fraction of sp³-hybridized carbons (Fsp3) is 0.368. The summed E-state index contributed by atoms with van der Waals surface area (Å²) in [5.41, 5.74) is 0.717. The summed E-state index contributed by atoms with van der Waals surface area (Å²) in [5, 5.41) is 10.4. The number of amides is 1. The van der Waals surface area contributed by atoms with Crippen molar-refractivity contribution in [3.8, 4) is 5.75 Å². The van der Waals surface area contributed by atoms with Gasteiger partial charge in [-0.3, -0.25) is 4.79 Å². The van der Waals surface area contributed by atoms with E-state index in [4.69, 9.17) is 14.6 Å². The Balaban J connectivity index is 1.86. The summed E-state index contributed by atoms with van der Waals surface area (Å²) >= 11 is 0. The van der Waals surface area contributed by atoms with Crippen molar-refractivity contribution in [2.24, 2.45) is 0 Å². The Morgan fingerprint density at radius 2 is 1.96 bits per heavy atom. The molecule has 0 aliphatic carbocycles. The third kappa shape index (κ3) is 4.04. The lowest BCUT2D eigenvalue weighted by atomic mass is 10.0. The zero-order chi connectivity index (χ0) is 18.7. The van der Waals surface area contributed by atoms with Crippen LogP contribution in [0.4, 0.5) is 9.18 Å². The summed E-state index contributed by atoms with van der Waals surface area (Å²) in [5.74, 6) is -0.245. The van der Waals surface area contributed by atoms with Crippen molar-refractivity contribution in [1.29, 1.82) is 0 Å². The first-order valence-electron chi connectivity index (χ1n) is 8.40. The van der Waals surface area contributed by atoms with Crippen LogP contribution in [0.15, 0.2) is 30.3 Å². The average molecular weight is 361 g/mol. The van der Waals surface area contributed by atoms with Crippen LogP contribution in [-0.4, -0.2) is 48.4 Å². The molecule has 1 saturated heterocycles. The number of methoxy groups -OCH3 is 1. The van der Waals surface area contributed by atoms with Crippen molar-refractivity contribution in [3.63, 3.8) is 0 Å². The molecule has 0 spiro atoms. The molecule has 0 saturated carbocycles. The summed E-state index contributed by atoms with van der Waals surface area (Å²) in [4.78, 5) is 23.9. The SMILES string of the molecule is COC(=O)Cc1cc(OC2CCN(C(=O)O)CC2)c2cc(F)ccc2c1. The third-order valence-electron chi connectivity index (χ3n) is 4.52. The van der Waals surface area contributed by atoms with Crippen molar-refractivity contribution in [1.82, 2.24) is 4.90 Å². The number of hydrogen-bond donors (Lipinski definition) is 1. The van der Waals surface area contributed by atoms with Gasteiger partial charge in [0.05, 0.1) is 13.5 Å². The lowest BCUT2D eigenvalue weighted by molar-refractivity contribution is -0.139. The molecule has 1 amide bonds. The standard InChI is InChI=1S/C19H20FNO5/c1-25-18(22)10-12-8-13-2-3-14(20)11-16(13)17(9-12)26-15-4-6-21(7-5-15)19(23)24/h2-3,8-9,11,15H,4-7,10H2,1H3,(H,23,24). The van der Waals surface area contributed by atoms with Gasteiger partial charge in [-0.05, 0) is 29.1 Å². The molecule has 1 heterocycles. The topological polar surface area (TPSA) is 76.1 Å². The molecule has 1 aliphatic heterocycles. The number of piperidine rings is 1. The van der Waals surface area contributed by atoms with Crippen LogP contribution in [0.25, 0.3) is 10.8 Å². The highest BCUT2D eigenvalue weighted by Gasteiger charge is 2.24. The van der Waals surface area contributed by atoms with Gasteiger partial charge in [-0.2, -0.15) is 0 Å². The Hall–Kier alpha value is -2.83. The first-order valence-corrected chi connectivity index (χ1v) is 8.40. The number of fused-ring (bicyclic) bond motifs is 1. The number of carboxylic acid groups (broad SMARTS) is 1. The minimum atomic E-state index is -0.934. The summed E-state index contributed by atoms with van der Waals surface area (Å²) < 4.78 is 24.5. The molecule has 1 aliphatic rings. The van der Waals surface area contributed by atoms with Gasteiger partial charge in [0.25, 0.3) is 0 Å². The van der Waals surface area contributed by atoms with Crippen LogP contribution >= 0.6 is 0 Å². The van der Waals surface area contributed by atoms with Gasteiger partial charge >= 0.3 is 12.1 Å². The number of rotatable bonds is 4. The zero-order valence-electron chi connectivity index (χ0n) is 14.4. The Kier molecular flexibility index (Phi) is 5.25. The Labute approximate surface area is 150 Å². The second-order valence-electron chi connectivity index (χ2n) is 6.30. The summed E-state index contributed by atoms with van der Waals surface area (Å²) in [6, 6.07) is 7.94. The molecule has 0 radical (unpaired) electrons. The molecule has 0 aromatic heterocycles.